The van der Waals surface area contributed by atoms with Gasteiger partial charge in [-0.05, 0) is 82.4 Å². The smallest absolute Gasteiger partial charge is 0.411 e. The molecule has 2 saturated carbocycles. The highest BCUT2D eigenvalue weighted by atomic mass is 32.2. The lowest BCUT2D eigenvalue weighted by Gasteiger charge is -2.45. The van der Waals surface area contributed by atoms with E-state index < -0.39 is 98.7 Å². The van der Waals surface area contributed by atoms with E-state index in [2.05, 4.69) is 15.0 Å². The van der Waals surface area contributed by atoms with Crippen molar-refractivity contribution in [3.63, 3.8) is 0 Å². The summed E-state index contributed by atoms with van der Waals surface area (Å²) in [6, 6.07) is 0.758. The van der Waals surface area contributed by atoms with Crippen molar-refractivity contribution in [1.82, 2.24) is 24.8 Å². The third-order valence-corrected chi connectivity index (χ3v) is 13.5. The summed E-state index contributed by atoms with van der Waals surface area (Å²) < 4.78 is 98.3. The van der Waals surface area contributed by atoms with Crippen LogP contribution in [0.3, 0.4) is 0 Å². The number of carboxylic acid groups (broad SMARTS) is 1. The molecule has 4 aliphatic rings. The van der Waals surface area contributed by atoms with Crippen LogP contribution in [-0.4, -0.2) is 106 Å². The maximum Gasteiger partial charge on any atom is 0.411 e. The van der Waals surface area contributed by atoms with E-state index in [1.807, 2.05) is 6.92 Å². The number of nitrogens with zero attached hydrogens (tertiary/aromatic N) is 3. The van der Waals surface area contributed by atoms with E-state index in [0.717, 1.165) is 4.90 Å². The van der Waals surface area contributed by atoms with Crippen molar-refractivity contribution in [2.45, 2.75) is 113 Å². The summed E-state index contributed by atoms with van der Waals surface area (Å²) >= 11 is 0. The quantitative estimate of drug-likeness (QED) is 0.244. The average Bonchev–Trinajstić information content (AvgIpc) is 4.05. The fourth-order valence-electron chi connectivity index (χ4n) is 8.07. The lowest BCUT2D eigenvalue weighted by molar-refractivity contribution is -0.222. The van der Waals surface area contributed by atoms with Crippen LogP contribution in [0.15, 0.2) is 36.5 Å². The Bertz CT molecular complexity index is 2080. The van der Waals surface area contributed by atoms with Crippen molar-refractivity contribution < 1.29 is 59.7 Å². The van der Waals surface area contributed by atoms with Gasteiger partial charge in [0.25, 0.3) is 5.91 Å². The summed E-state index contributed by atoms with van der Waals surface area (Å²) in [5.41, 5.74) is -4.80. The molecule has 312 valence electrons. The molecule has 0 unspecified atom stereocenters. The monoisotopic (exact) mass is 825 g/mol. The van der Waals surface area contributed by atoms with Crippen LogP contribution in [0.25, 0.3) is 10.8 Å². The number of alkyl halides is 3. The number of sulfonamides is 1. The van der Waals surface area contributed by atoms with Crippen molar-refractivity contribution in [3.05, 3.63) is 42.4 Å². The number of ether oxygens (including phenoxy) is 2. The third kappa shape index (κ3) is 8.08. The molecule has 57 heavy (non-hydrogen) atoms. The highest BCUT2D eigenvalue weighted by Gasteiger charge is 2.63. The number of amides is 4. The van der Waals surface area contributed by atoms with E-state index in [4.69, 9.17) is 9.47 Å². The molecular formula is C38H47F4N5O9S. The van der Waals surface area contributed by atoms with Crippen molar-refractivity contribution in [1.29, 1.82) is 0 Å². The predicted molar refractivity (Wildman–Crippen MR) is 197 cm³/mol. The molecule has 1 aromatic heterocycles. The van der Waals surface area contributed by atoms with Gasteiger partial charge in [0.05, 0.1) is 18.9 Å². The molecule has 0 spiro atoms. The molecule has 3 fully saturated rings. The van der Waals surface area contributed by atoms with Crippen molar-refractivity contribution in [2.24, 2.45) is 17.8 Å². The Morgan fingerprint density at radius 2 is 1.79 bits per heavy atom. The molecule has 0 radical (unpaired) electrons. The number of hydrogen-bond acceptors (Lipinski definition) is 9. The fourth-order valence-corrected chi connectivity index (χ4v) is 9.43. The number of hydrogen-bond donors (Lipinski definition) is 3. The largest absolute Gasteiger partial charge is 0.494 e. The molecule has 3 heterocycles. The Labute approximate surface area is 327 Å². The molecule has 19 heteroatoms. The van der Waals surface area contributed by atoms with Crippen LogP contribution in [-0.2, 0) is 24.4 Å². The minimum Gasteiger partial charge on any atom is -0.494 e. The summed E-state index contributed by atoms with van der Waals surface area (Å²) in [6.07, 6.45) is -1.93. The van der Waals surface area contributed by atoms with Gasteiger partial charge in [-0.15, -0.1) is 0 Å². The zero-order chi connectivity index (χ0) is 41.8. The molecule has 1 saturated heterocycles. The Morgan fingerprint density at radius 3 is 2.42 bits per heavy atom. The van der Waals surface area contributed by atoms with Crippen LogP contribution in [0.2, 0.25) is 0 Å². The van der Waals surface area contributed by atoms with Gasteiger partial charge in [-0.25, -0.2) is 22.6 Å². The van der Waals surface area contributed by atoms with Crippen LogP contribution >= 0.6 is 0 Å². The first kappa shape index (κ1) is 41.9. The highest BCUT2D eigenvalue weighted by molar-refractivity contribution is 7.91. The number of aromatic nitrogens is 1. The zero-order valence-electron chi connectivity index (χ0n) is 32.1. The van der Waals surface area contributed by atoms with Gasteiger partial charge in [-0.3, -0.25) is 24.0 Å². The van der Waals surface area contributed by atoms with Gasteiger partial charge in [-0.2, -0.15) is 13.2 Å². The second kappa shape index (κ2) is 15.2. The molecule has 2 aromatic rings. The number of halogens is 4. The molecule has 2 aliphatic heterocycles. The van der Waals surface area contributed by atoms with Crippen molar-refractivity contribution >= 4 is 44.6 Å². The van der Waals surface area contributed by atoms with Crippen molar-refractivity contribution in [2.75, 3.05) is 13.7 Å². The first-order chi connectivity index (χ1) is 26.6. The minimum absolute atomic E-state index is 0.0264. The normalized spacial score (nSPS) is 28.7. The maximum atomic E-state index is 15.2. The Kier molecular flexibility index (Phi) is 11.2. The van der Waals surface area contributed by atoms with Gasteiger partial charge in [0.1, 0.15) is 29.3 Å². The number of allylic oxidation sites excluding steroid dienone is 1. The lowest BCUT2D eigenvalue weighted by Crippen LogP contribution is -2.66. The summed E-state index contributed by atoms with van der Waals surface area (Å²) in [7, 11) is -2.75. The van der Waals surface area contributed by atoms with Gasteiger partial charge in [-0.1, -0.05) is 26.0 Å². The van der Waals surface area contributed by atoms with E-state index in [0.29, 0.717) is 39.5 Å². The minimum atomic E-state index is -5.12. The van der Waals surface area contributed by atoms with E-state index in [9.17, 15) is 45.9 Å². The number of carbonyl (C=O) groups is 4. The molecule has 7 atom stereocenters. The molecular weight excluding hydrogens is 779 g/mol. The second-order valence-electron chi connectivity index (χ2n) is 16.2. The number of carbonyl (C=O) groups excluding carboxylic acids is 3. The predicted octanol–water partition coefficient (Wildman–Crippen LogP) is 4.92. The van der Waals surface area contributed by atoms with Gasteiger partial charge in [0, 0.05) is 29.3 Å². The van der Waals surface area contributed by atoms with Crippen LogP contribution in [0.1, 0.15) is 72.6 Å². The number of rotatable bonds is 8. The van der Waals surface area contributed by atoms with E-state index >= 15 is 4.39 Å². The molecule has 3 N–H and O–H groups in total. The number of benzene rings is 1. The second-order valence-corrected chi connectivity index (χ2v) is 18.2. The number of methoxy groups -OCH3 is 1. The summed E-state index contributed by atoms with van der Waals surface area (Å²) in [4.78, 5) is 61.3. The topological polar surface area (TPSA) is 185 Å². The van der Waals surface area contributed by atoms with Gasteiger partial charge >= 0.3 is 12.3 Å². The Hall–Kier alpha value is -4.68. The van der Waals surface area contributed by atoms with Crippen molar-refractivity contribution in [3.8, 4) is 11.6 Å². The Balaban J connectivity index is 1.43. The molecule has 4 amide bonds. The SMILES string of the molecule is COc1ccc2c(O[C@@H]3C[C@H]4C(=O)N[C@]5(C(=O)NS(=O)(=O)C6CC6)C[C@H]5C=CCC[C@@H](C)C[C@@H](C)[C@H](N(C(=O)O)C(C)(C)C(F)(F)F)C(=O)N4C3)nccc2c1F. The van der Waals surface area contributed by atoms with Gasteiger partial charge < -0.3 is 24.8 Å². The standard InChI is InChI=1S/C38H47F4N5O9S/c1-20-8-6-7-9-22-18-37(22,34(50)45-57(53,54)24-10-11-24)44-31(48)27-17-23(56-32-26-12-13-28(55-5)29(39)25(26)14-15-43-32)19-46(27)33(49)30(21(2)16-20)47(35(51)52)36(3,4)38(40,41)42/h7,9,12-15,20-24,27,30H,6,8,10-11,16-19H2,1-5H3,(H,44,48)(H,45,50)(H,51,52)/t20-,21-,22-,23-,27+,30+,37-/m1/s1. The van der Waals surface area contributed by atoms with E-state index in [1.165, 1.54) is 38.4 Å². The first-order valence-corrected chi connectivity index (χ1v) is 20.4. The number of pyridine rings is 1. The van der Waals surface area contributed by atoms with Crippen LogP contribution in [0, 0.1) is 23.6 Å². The fraction of sp³-hybridized carbons (Fsp3) is 0.605. The van der Waals surface area contributed by atoms with Gasteiger partial charge in [0.15, 0.2) is 11.6 Å². The van der Waals surface area contributed by atoms with Gasteiger partial charge in [0.2, 0.25) is 27.7 Å². The summed E-state index contributed by atoms with van der Waals surface area (Å²) in [5.74, 6) is -5.67. The van der Waals surface area contributed by atoms with E-state index in [-0.39, 0.29) is 52.5 Å². The van der Waals surface area contributed by atoms with Crippen LogP contribution in [0.4, 0.5) is 22.4 Å². The Morgan fingerprint density at radius 1 is 1.09 bits per heavy atom. The molecule has 1 aromatic carbocycles. The average molecular weight is 826 g/mol. The van der Waals surface area contributed by atoms with E-state index in [1.54, 1.807) is 12.2 Å². The van der Waals surface area contributed by atoms with Crippen LogP contribution < -0.4 is 19.5 Å². The molecule has 14 nitrogen and oxygen atoms in total. The summed E-state index contributed by atoms with van der Waals surface area (Å²) in [6.45, 7) is 4.20. The highest BCUT2D eigenvalue weighted by Crippen LogP contribution is 2.47. The van der Waals surface area contributed by atoms with Crippen LogP contribution in [0.5, 0.6) is 11.6 Å². The number of fused-ring (bicyclic) bond motifs is 3. The lowest BCUT2D eigenvalue weighted by atomic mass is 9.85. The maximum absolute atomic E-state index is 15.2. The zero-order valence-corrected chi connectivity index (χ0v) is 33.0. The molecule has 6 rings (SSSR count). The third-order valence-electron chi connectivity index (χ3n) is 11.7. The molecule has 2 aliphatic carbocycles. The number of nitrogens with one attached hydrogen (secondary N) is 2. The first-order valence-electron chi connectivity index (χ1n) is 18.8. The molecule has 0 bridgehead atoms. The summed E-state index contributed by atoms with van der Waals surface area (Å²) in [5, 5.41) is 12.6.